The maximum atomic E-state index is 11.3. The molecule has 1 saturated carbocycles. The first kappa shape index (κ1) is 11.5. The standard InChI is InChI=1S/C10H20N2O2/c1-8-5-9(6-8)12-10(13)7-11-3-4-14-2/h8-9,11H,3-7H2,1-2H3,(H,12,13). The molecule has 0 atom stereocenters. The van der Waals surface area contributed by atoms with E-state index in [1.807, 2.05) is 0 Å². The monoisotopic (exact) mass is 200 g/mol. The van der Waals surface area contributed by atoms with Gasteiger partial charge in [0.2, 0.25) is 5.91 Å². The van der Waals surface area contributed by atoms with Gasteiger partial charge in [0.1, 0.15) is 0 Å². The van der Waals surface area contributed by atoms with Crippen LogP contribution in [0.25, 0.3) is 0 Å². The van der Waals surface area contributed by atoms with Gasteiger partial charge in [-0.25, -0.2) is 0 Å². The Morgan fingerprint density at radius 2 is 2.21 bits per heavy atom. The smallest absolute Gasteiger partial charge is 0.234 e. The largest absolute Gasteiger partial charge is 0.383 e. The molecule has 4 heteroatoms. The zero-order valence-electron chi connectivity index (χ0n) is 9.01. The Hall–Kier alpha value is -0.610. The molecule has 0 saturated heterocycles. The molecule has 0 radical (unpaired) electrons. The van der Waals surface area contributed by atoms with Gasteiger partial charge in [-0.3, -0.25) is 4.79 Å². The van der Waals surface area contributed by atoms with E-state index in [9.17, 15) is 4.79 Å². The zero-order chi connectivity index (χ0) is 10.4. The van der Waals surface area contributed by atoms with E-state index < -0.39 is 0 Å². The molecular weight excluding hydrogens is 180 g/mol. The van der Waals surface area contributed by atoms with E-state index in [2.05, 4.69) is 17.6 Å². The summed E-state index contributed by atoms with van der Waals surface area (Å²) in [4.78, 5) is 11.3. The van der Waals surface area contributed by atoms with E-state index >= 15 is 0 Å². The van der Waals surface area contributed by atoms with Crippen LogP contribution in [0.2, 0.25) is 0 Å². The average molecular weight is 200 g/mol. The van der Waals surface area contributed by atoms with E-state index in [4.69, 9.17) is 4.74 Å². The second-order valence-corrected chi connectivity index (χ2v) is 4.01. The molecule has 82 valence electrons. The third kappa shape index (κ3) is 4.07. The van der Waals surface area contributed by atoms with E-state index in [0.717, 1.165) is 25.3 Å². The van der Waals surface area contributed by atoms with Gasteiger partial charge in [-0.05, 0) is 18.8 Å². The Kier molecular flexibility index (Phi) is 4.90. The second-order valence-electron chi connectivity index (χ2n) is 4.01. The van der Waals surface area contributed by atoms with Gasteiger partial charge < -0.3 is 15.4 Å². The van der Waals surface area contributed by atoms with Crippen LogP contribution in [0.15, 0.2) is 0 Å². The van der Waals surface area contributed by atoms with Crippen molar-refractivity contribution in [2.24, 2.45) is 5.92 Å². The quantitative estimate of drug-likeness (QED) is 0.600. The number of nitrogens with one attached hydrogen (secondary N) is 2. The number of rotatable bonds is 6. The van der Waals surface area contributed by atoms with E-state index in [-0.39, 0.29) is 5.91 Å². The molecule has 1 fully saturated rings. The predicted octanol–water partition coefficient (Wildman–Crippen LogP) is 0.137. The van der Waals surface area contributed by atoms with E-state index in [1.165, 1.54) is 0 Å². The van der Waals surface area contributed by atoms with Gasteiger partial charge in [-0.15, -0.1) is 0 Å². The van der Waals surface area contributed by atoms with Gasteiger partial charge in [-0.2, -0.15) is 0 Å². The average Bonchev–Trinajstić information content (AvgIpc) is 2.10. The molecule has 4 nitrogen and oxygen atoms in total. The summed E-state index contributed by atoms with van der Waals surface area (Å²) in [7, 11) is 1.65. The van der Waals surface area contributed by atoms with Gasteiger partial charge in [0.15, 0.2) is 0 Å². The molecule has 1 amide bonds. The number of carbonyl (C=O) groups excluding carboxylic acids is 1. The third-order valence-electron chi connectivity index (χ3n) is 2.51. The Morgan fingerprint density at radius 3 is 2.79 bits per heavy atom. The predicted molar refractivity (Wildman–Crippen MR) is 55.1 cm³/mol. The first-order chi connectivity index (χ1) is 6.72. The minimum absolute atomic E-state index is 0.0954. The highest BCUT2D eigenvalue weighted by Gasteiger charge is 2.26. The summed E-state index contributed by atoms with van der Waals surface area (Å²) in [5.41, 5.74) is 0. The summed E-state index contributed by atoms with van der Waals surface area (Å²) in [6.45, 7) is 3.98. The molecule has 0 unspecified atom stereocenters. The van der Waals surface area contributed by atoms with Crippen molar-refractivity contribution in [2.45, 2.75) is 25.8 Å². The number of carbonyl (C=O) groups is 1. The van der Waals surface area contributed by atoms with Crippen molar-refractivity contribution >= 4 is 5.91 Å². The maximum Gasteiger partial charge on any atom is 0.234 e. The number of amides is 1. The van der Waals surface area contributed by atoms with Crippen molar-refractivity contribution < 1.29 is 9.53 Å². The number of ether oxygens (including phenoxy) is 1. The van der Waals surface area contributed by atoms with Crippen LogP contribution in [0, 0.1) is 5.92 Å². The van der Waals surface area contributed by atoms with Crippen LogP contribution in [0.5, 0.6) is 0 Å². The van der Waals surface area contributed by atoms with Crippen molar-refractivity contribution in [2.75, 3.05) is 26.8 Å². The summed E-state index contributed by atoms with van der Waals surface area (Å²) < 4.78 is 4.86. The molecule has 0 aromatic carbocycles. The van der Waals surface area contributed by atoms with Crippen LogP contribution >= 0.6 is 0 Å². The fourth-order valence-electron chi connectivity index (χ4n) is 1.68. The summed E-state index contributed by atoms with van der Waals surface area (Å²) in [6, 6.07) is 0.418. The molecule has 14 heavy (non-hydrogen) atoms. The molecule has 0 aromatic heterocycles. The van der Waals surface area contributed by atoms with Crippen LogP contribution in [0.1, 0.15) is 19.8 Å². The van der Waals surface area contributed by atoms with Crippen LogP contribution in [0.3, 0.4) is 0 Å². The van der Waals surface area contributed by atoms with Gasteiger partial charge in [0, 0.05) is 19.7 Å². The molecule has 2 N–H and O–H groups in total. The molecular formula is C10H20N2O2. The lowest BCUT2D eigenvalue weighted by atomic mass is 9.82. The van der Waals surface area contributed by atoms with E-state index in [1.54, 1.807) is 7.11 Å². The van der Waals surface area contributed by atoms with Crippen molar-refractivity contribution in [1.82, 2.24) is 10.6 Å². The topological polar surface area (TPSA) is 50.4 Å². The van der Waals surface area contributed by atoms with Crippen LogP contribution in [0.4, 0.5) is 0 Å². The Labute approximate surface area is 85.4 Å². The summed E-state index contributed by atoms with van der Waals surface area (Å²) in [6.07, 6.45) is 2.26. The highest BCUT2D eigenvalue weighted by Crippen LogP contribution is 2.25. The molecule has 0 bridgehead atoms. The highest BCUT2D eigenvalue weighted by molar-refractivity contribution is 5.78. The Balaban J connectivity index is 1.94. The van der Waals surface area contributed by atoms with Crippen molar-refractivity contribution in [3.05, 3.63) is 0 Å². The fraction of sp³-hybridized carbons (Fsp3) is 0.900. The van der Waals surface area contributed by atoms with Gasteiger partial charge in [0.05, 0.1) is 13.2 Å². The normalized spacial score (nSPS) is 25.6. The number of hydrogen-bond acceptors (Lipinski definition) is 3. The lowest BCUT2D eigenvalue weighted by Crippen LogP contribution is -2.46. The second kappa shape index (κ2) is 5.98. The molecule has 0 spiro atoms. The van der Waals surface area contributed by atoms with Crippen molar-refractivity contribution in [3.8, 4) is 0 Å². The van der Waals surface area contributed by atoms with E-state index in [0.29, 0.717) is 19.2 Å². The Bertz CT molecular complexity index is 179. The van der Waals surface area contributed by atoms with Gasteiger partial charge in [-0.1, -0.05) is 6.92 Å². The molecule has 0 aromatic rings. The minimum Gasteiger partial charge on any atom is -0.383 e. The van der Waals surface area contributed by atoms with Crippen LogP contribution < -0.4 is 10.6 Å². The van der Waals surface area contributed by atoms with Crippen molar-refractivity contribution in [1.29, 1.82) is 0 Å². The van der Waals surface area contributed by atoms with Gasteiger partial charge >= 0.3 is 0 Å². The molecule has 1 aliphatic carbocycles. The first-order valence-corrected chi connectivity index (χ1v) is 5.21. The third-order valence-corrected chi connectivity index (χ3v) is 2.51. The minimum atomic E-state index is 0.0954. The van der Waals surface area contributed by atoms with Crippen LogP contribution in [-0.2, 0) is 9.53 Å². The summed E-state index contributed by atoms with van der Waals surface area (Å²) >= 11 is 0. The lowest BCUT2D eigenvalue weighted by molar-refractivity contribution is -0.121. The summed E-state index contributed by atoms with van der Waals surface area (Å²) in [5, 5.41) is 6.00. The number of methoxy groups -OCH3 is 1. The summed E-state index contributed by atoms with van der Waals surface area (Å²) in [5.74, 6) is 0.875. The molecule has 0 heterocycles. The molecule has 1 rings (SSSR count). The zero-order valence-corrected chi connectivity index (χ0v) is 9.01. The first-order valence-electron chi connectivity index (χ1n) is 5.21. The maximum absolute atomic E-state index is 11.3. The van der Waals surface area contributed by atoms with Gasteiger partial charge in [0.25, 0.3) is 0 Å². The lowest BCUT2D eigenvalue weighted by Gasteiger charge is -2.33. The SMILES string of the molecule is COCCNCC(=O)NC1CC(C)C1. The fourth-order valence-corrected chi connectivity index (χ4v) is 1.68. The highest BCUT2D eigenvalue weighted by atomic mass is 16.5. The van der Waals surface area contributed by atoms with Crippen LogP contribution in [-0.4, -0.2) is 38.8 Å². The molecule has 1 aliphatic rings. The Morgan fingerprint density at radius 1 is 1.50 bits per heavy atom. The van der Waals surface area contributed by atoms with Crippen molar-refractivity contribution in [3.63, 3.8) is 0 Å². The molecule has 0 aliphatic heterocycles. The number of hydrogen-bond donors (Lipinski definition) is 2.